The van der Waals surface area contributed by atoms with Crippen LogP contribution in [0.4, 0.5) is 4.79 Å². The summed E-state index contributed by atoms with van der Waals surface area (Å²) in [5.74, 6) is -1.34. The Balaban J connectivity index is 1.25. The number of nitrogens with zero attached hydrogens (tertiary/aromatic N) is 5. The number of pyridine rings is 2. The standard InChI is InChI=1S/C49H60N8O5/c1-7-33(2)44(57-28-27-55(48(57)62)31-38-24-26-51-41-19-12-11-17-39(38)41)46(60)53-42(29-35-15-9-8-10-16-35)43(59)32-56(54-47(61)45(49(4,5)6)52-34(3)58)30-36-20-22-37(23-21-36)40-18-13-14-25-50-40/h8-26,33,42-45,59H,7,27-32H2,1-6H3,(H,52,58)(H,53,60)(H,54,61)/t33?,42-,43-,44?,45+/m0/s1. The number of fused-ring (bicyclic) bond motifs is 1. The van der Waals surface area contributed by atoms with Gasteiger partial charge in [-0.2, -0.15) is 0 Å². The Morgan fingerprint density at radius 1 is 0.823 bits per heavy atom. The molecule has 1 aliphatic heterocycles. The minimum absolute atomic E-state index is 0.0766. The molecule has 1 saturated heterocycles. The van der Waals surface area contributed by atoms with Crippen molar-refractivity contribution in [2.75, 3.05) is 19.6 Å². The van der Waals surface area contributed by atoms with Crippen LogP contribution in [0.3, 0.4) is 0 Å². The van der Waals surface area contributed by atoms with Crippen LogP contribution in [-0.2, 0) is 33.9 Å². The van der Waals surface area contributed by atoms with Gasteiger partial charge in [-0.25, -0.2) is 9.80 Å². The molecular weight excluding hydrogens is 781 g/mol. The molecule has 0 radical (unpaired) electrons. The lowest BCUT2D eigenvalue weighted by atomic mass is 9.86. The lowest BCUT2D eigenvalue weighted by Gasteiger charge is -2.36. The van der Waals surface area contributed by atoms with Gasteiger partial charge in [-0.15, -0.1) is 0 Å². The average Bonchev–Trinajstić information content (AvgIpc) is 3.61. The molecule has 1 aliphatic rings. The van der Waals surface area contributed by atoms with Gasteiger partial charge in [-0.3, -0.25) is 29.8 Å². The van der Waals surface area contributed by atoms with Gasteiger partial charge in [0.25, 0.3) is 5.91 Å². The van der Waals surface area contributed by atoms with E-state index < -0.39 is 35.6 Å². The largest absolute Gasteiger partial charge is 0.390 e. The van der Waals surface area contributed by atoms with Gasteiger partial charge < -0.3 is 25.5 Å². The fourth-order valence-corrected chi connectivity index (χ4v) is 7.99. The summed E-state index contributed by atoms with van der Waals surface area (Å²) in [6.45, 7) is 12.3. The summed E-state index contributed by atoms with van der Waals surface area (Å²) >= 11 is 0. The van der Waals surface area contributed by atoms with E-state index in [1.165, 1.54) is 6.92 Å². The first-order valence-corrected chi connectivity index (χ1v) is 21.4. The highest BCUT2D eigenvalue weighted by atomic mass is 16.3. The van der Waals surface area contributed by atoms with E-state index in [4.69, 9.17) is 0 Å². The van der Waals surface area contributed by atoms with Crippen molar-refractivity contribution < 1.29 is 24.3 Å². The Kier molecular flexibility index (Phi) is 15.1. The Morgan fingerprint density at radius 2 is 1.53 bits per heavy atom. The van der Waals surface area contributed by atoms with Crippen molar-refractivity contribution in [2.45, 2.75) is 91.7 Å². The second-order valence-electron chi connectivity index (χ2n) is 17.4. The van der Waals surface area contributed by atoms with Crippen molar-refractivity contribution in [1.29, 1.82) is 0 Å². The summed E-state index contributed by atoms with van der Waals surface area (Å²) in [7, 11) is 0. The van der Waals surface area contributed by atoms with Gasteiger partial charge in [0.2, 0.25) is 11.8 Å². The highest BCUT2D eigenvalue weighted by Crippen LogP contribution is 2.26. The molecule has 2 unspecified atom stereocenters. The van der Waals surface area contributed by atoms with Crippen LogP contribution < -0.4 is 16.1 Å². The Morgan fingerprint density at radius 3 is 2.21 bits per heavy atom. The third-order valence-corrected chi connectivity index (χ3v) is 11.5. The maximum Gasteiger partial charge on any atom is 0.321 e. The van der Waals surface area contributed by atoms with Gasteiger partial charge in [0.1, 0.15) is 12.1 Å². The molecule has 1 fully saturated rings. The molecule has 2 aromatic heterocycles. The second-order valence-corrected chi connectivity index (χ2v) is 17.4. The van der Waals surface area contributed by atoms with Crippen molar-refractivity contribution in [1.82, 2.24) is 40.8 Å². The van der Waals surface area contributed by atoms with Crippen LogP contribution in [0.5, 0.6) is 0 Å². The fourth-order valence-electron chi connectivity index (χ4n) is 7.99. The summed E-state index contributed by atoms with van der Waals surface area (Å²) in [5.41, 5.74) is 7.69. The van der Waals surface area contributed by atoms with E-state index in [0.717, 1.165) is 38.9 Å². The SMILES string of the molecule is CCC(C)C(C(=O)N[C@@H](Cc1ccccc1)[C@@H](O)CN(Cc1ccc(-c2ccccn2)cc1)NC(=O)[C@@H](NC(C)=O)C(C)(C)C)N1CCN(Cc2ccnc3ccccc23)C1=O. The number of rotatable bonds is 18. The molecule has 13 nitrogen and oxygen atoms in total. The van der Waals surface area contributed by atoms with Crippen LogP contribution >= 0.6 is 0 Å². The summed E-state index contributed by atoms with van der Waals surface area (Å²) in [6.07, 6.45) is 3.23. The first-order chi connectivity index (χ1) is 29.7. The van der Waals surface area contributed by atoms with Crippen LogP contribution in [0.15, 0.2) is 116 Å². The van der Waals surface area contributed by atoms with E-state index in [1.807, 2.05) is 138 Å². The van der Waals surface area contributed by atoms with Crippen molar-refractivity contribution in [3.8, 4) is 11.3 Å². The maximum absolute atomic E-state index is 14.7. The minimum atomic E-state index is -1.19. The molecule has 0 saturated carbocycles. The molecule has 13 heteroatoms. The predicted molar refractivity (Wildman–Crippen MR) is 241 cm³/mol. The average molecular weight is 841 g/mol. The third-order valence-electron chi connectivity index (χ3n) is 11.5. The molecule has 5 amide bonds. The number of aliphatic hydroxyl groups is 1. The van der Waals surface area contributed by atoms with Gasteiger partial charge >= 0.3 is 6.03 Å². The number of hydrazine groups is 1. The smallest absolute Gasteiger partial charge is 0.321 e. The van der Waals surface area contributed by atoms with Crippen LogP contribution in [0, 0.1) is 11.3 Å². The van der Waals surface area contributed by atoms with Crippen LogP contribution in [0.2, 0.25) is 0 Å². The molecule has 4 N–H and O–H groups in total. The molecule has 5 atom stereocenters. The summed E-state index contributed by atoms with van der Waals surface area (Å²) < 4.78 is 0. The van der Waals surface area contributed by atoms with E-state index in [0.29, 0.717) is 26.1 Å². The van der Waals surface area contributed by atoms with Crippen molar-refractivity contribution in [3.05, 3.63) is 132 Å². The van der Waals surface area contributed by atoms with Gasteiger partial charge in [0.05, 0.1) is 23.4 Å². The summed E-state index contributed by atoms with van der Waals surface area (Å²) in [5, 5.41) is 20.8. The highest BCUT2D eigenvalue weighted by molar-refractivity contribution is 5.89. The predicted octanol–water partition coefficient (Wildman–Crippen LogP) is 6.12. The molecule has 62 heavy (non-hydrogen) atoms. The van der Waals surface area contributed by atoms with Gasteiger partial charge in [-0.1, -0.05) is 120 Å². The number of hydrogen-bond acceptors (Lipinski definition) is 8. The number of para-hydroxylation sites is 1. The van der Waals surface area contributed by atoms with Crippen molar-refractivity contribution in [3.63, 3.8) is 0 Å². The molecule has 3 aromatic carbocycles. The number of carbonyl (C=O) groups is 4. The summed E-state index contributed by atoms with van der Waals surface area (Å²) in [6, 6.07) is 30.2. The second kappa shape index (κ2) is 20.6. The lowest BCUT2D eigenvalue weighted by Crippen LogP contribution is -2.60. The summed E-state index contributed by atoms with van der Waals surface area (Å²) in [4.78, 5) is 67.4. The lowest BCUT2D eigenvalue weighted by molar-refractivity contribution is -0.135. The van der Waals surface area contributed by atoms with Gasteiger partial charge in [0, 0.05) is 63.0 Å². The Bertz CT molecular complexity index is 2280. The molecule has 0 spiro atoms. The maximum atomic E-state index is 14.7. The third kappa shape index (κ3) is 11.6. The fraction of sp³-hybridized carbons (Fsp3) is 0.388. The normalized spacial score (nSPS) is 15.5. The first kappa shape index (κ1) is 45.3. The quantitative estimate of drug-likeness (QED) is 0.0769. The minimum Gasteiger partial charge on any atom is -0.390 e. The number of benzene rings is 3. The van der Waals surface area contributed by atoms with E-state index in [9.17, 15) is 24.3 Å². The molecule has 0 aliphatic carbocycles. The first-order valence-electron chi connectivity index (χ1n) is 21.4. The number of urea groups is 1. The molecule has 5 aromatic rings. The van der Waals surface area contributed by atoms with Gasteiger partial charge in [0.15, 0.2) is 0 Å². The van der Waals surface area contributed by atoms with Gasteiger partial charge in [-0.05, 0) is 58.7 Å². The topological polar surface area (TPSA) is 160 Å². The number of aliphatic hydroxyl groups excluding tert-OH is 1. The molecule has 0 bridgehead atoms. The molecular formula is C49H60N8O5. The molecule has 326 valence electrons. The van der Waals surface area contributed by atoms with E-state index in [2.05, 4.69) is 26.0 Å². The van der Waals surface area contributed by atoms with Crippen LogP contribution in [0.1, 0.15) is 64.7 Å². The zero-order valence-corrected chi connectivity index (χ0v) is 36.6. The Hall–Kier alpha value is -6.18. The van der Waals surface area contributed by atoms with Crippen molar-refractivity contribution >= 4 is 34.7 Å². The number of amides is 5. The van der Waals surface area contributed by atoms with E-state index in [-0.39, 0.29) is 43.3 Å². The Labute approximate surface area is 364 Å². The number of carbonyl (C=O) groups excluding carboxylic acids is 4. The zero-order chi connectivity index (χ0) is 44.4. The monoisotopic (exact) mass is 840 g/mol. The number of hydrogen-bond donors (Lipinski definition) is 4. The van der Waals surface area contributed by atoms with E-state index in [1.54, 1.807) is 27.2 Å². The van der Waals surface area contributed by atoms with Crippen molar-refractivity contribution in [2.24, 2.45) is 11.3 Å². The number of aromatic nitrogens is 2. The highest BCUT2D eigenvalue weighted by Gasteiger charge is 2.41. The number of nitrogens with one attached hydrogen (secondary N) is 3. The zero-order valence-electron chi connectivity index (χ0n) is 36.6. The molecule has 3 heterocycles. The van der Waals surface area contributed by atoms with E-state index >= 15 is 0 Å². The van der Waals surface area contributed by atoms with Crippen LogP contribution in [-0.4, -0.2) is 97.5 Å². The van der Waals surface area contributed by atoms with Crippen LogP contribution in [0.25, 0.3) is 22.2 Å². The molecule has 6 rings (SSSR count).